The van der Waals surface area contributed by atoms with Crippen LogP contribution in [0.25, 0.3) is 0 Å². The Hall–Kier alpha value is -1.10. The molecule has 1 aliphatic rings. The van der Waals surface area contributed by atoms with Gasteiger partial charge in [-0.3, -0.25) is 14.5 Å². The highest BCUT2D eigenvalue weighted by Crippen LogP contribution is 2.19. The van der Waals surface area contributed by atoms with Gasteiger partial charge in [0.1, 0.15) is 12.1 Å². The van der Waals surface area contributed by atoms with Crippen LogP contribution >= 0.6 is 0 Å². The molecule has 5 heteroatoms. The van der Waals surface area contributed by atoms with Crippen LogP contribution in [0.1, 0.15) is 26.2 Å². The number of carbonyl (C=O) groups is 2. The Kier molecular flexibility index (Phi) is 3.46. The number of piperidine rings is 1. The van der Waals surface area contributed by atoms with Crippen LogP contribution in [0.3, 0.4) is 0 Å². The first-order valence-electron chi connectivity index (χ1n) is 4.75. The lowest BCUT2D eigenvalue weighted by atomic mass is 10.0. The van der Waals surface area contributed by atoms with Gasteiger partial charge < -0.3 is 10.2 Å². The Morgan fingerprint density at radius 1 is 1.36 bits per heavy atom. The van der Waals surface area contributed by atoms with Crippen molar-refractivity contribution in [1.82, 2.24) is 4.90 Å². The maximum Gasteiger partial charge on any atom is 0.320 e. The van der Waals surface area contributed by atoms with Crippen molar-refractivity contribution in [2.75, 3.05) is 6.54 Å². The molecule has 0 aromatic heterocycles. The molecule has 5 nitrogen and oxygen atoms in total. The lowest BCUT2D eigenvalue weighted by Gasteiger charge is -2.35. The quantitative estimate of drug-likeness (QED) is 0.691. The molecule has 1 rings (SSSR count). The number of carboxylic acids is 2. The standard InChI is InChI=1S/C9H15NO4/c1-6(8(11)12)10-5-3-2-4-7(10)9(13)14/h6-7H,2-5H2,1H3,(H,11,12)(H,13,14). The van der Waals surface area contributed by atoms with Gasteiger partial charge in [0.2, 0.25) is 0 Å². The number of likely N-dealkylation sites (tertiary alicyclic amines) is 1. The fourth-order valence-electron chi connectivity index (χ4n) is 1.82. The molecule has 0 aromatic rings. The van der Waals surface area contributed by atoms with E-state index in [0.29, 0.717) is 13.0 Å². The molecule has 0 aliphatic carbocycles. The second kappa shape index (κ2) is 4.41. The first kappa shape index (κ1) is 11.0. The minimum Gasteiger partial charge on any atom is -0.480 e. The van der Waals surface area contributed by atoms with Crippen LogP contribution in [0.4, 0.5) is 0 Å². The SMILES string of the molecule is CC(C(=O)O)N1CCCCC1C(=O)O. The zero-order chi connectivity index (χ0) is 10.7. The fourth-order valence-corrected chi connectivity index (χ4v) is 1.82. The number of hydrogen-bond acceptors (Lipinski definition) is 3. The highest BCUT2D eigenvalue weighted by molar-refractivity contribution is 5.77. The van der Waals surface area contributed by atoms with E-state index in [2.05, 4.69) is 0 Å². The Morgan fingerprint density at radius 3 is 2.50 bits per heavy atom. The average Bonchev–Trinajstić information content (AvgIpc) is 2.16. The van der Waals surface area contributed by atoms with Gasteiger partial charge in [-0.2, -0.15) is 0 Å². The smallest absolute Gasteiger partial charge is 0.320 e. The molecular formula is C9H15NO4. The van der Waals surface area contributed by atoms with E-state index in [-0.39, 0.29) is 0 Å². The van der Waals surface area contributed by atoms with E-state index in [1.165, 1.54) is 6.92 Å². The molecule has 2 N–H and O–H groups in total. The number of hydrogen-bond donors (Lipinski definition) is 2. The third-order valence-corrected chi connectivity index (χ3v) is 2.68. The summed E-state index contributed by atoms with van der Waals surface area (Å²) in [5.74, 6) is -1.88. The van der Waals surface area contributed by atoms with E-state index >= 15 is 0 Å². The summed E-state index contributed by atoms with van der Waals surface area (Å²) in [4.78, 5) is 23.1. The second-order valence-electron chi connectivity index (χ2n) is 3.60. The Labute approximate surface area is 82.3 Å². The average molecular weight is 201 g/mol. The number of aliphatic carboxylic acids is 2. The van der Waals surface area contributed by atoms with Crippen LogP contribution in [-0.4, -0.2) is 45.7 Å². The van der Waals surface area contributed by atoms with Crippen LogP contribution in [0.5, 0.6) is 0 Å². The molecule has 0 aromatic carbocycles. The molecule has 2 unspecified atom stereocenters. The molecular weight excluding hydrogens is 186 g/mol. The molecule has 1 heterocycles. The van der Waals surface area contributed by atoms with Gasteiger partial charge in [-0.15, -0.1) is 0 Å². The molecule has 2 atom stereocenters. The predicted molar refractivity (Wildman–Crippen MR) is 49.1 cm³/mol. The van der Waals surface area contributed by atoms with Gasteiger partial charge in [0, 0.05) is 0 Å². The molecule has 80 valence electrons. The van der Waals surface area contributed by atoms with Crippen LogP contribution in [0, 0.1) is 0 Å². The van der Waals surface area contributed by atoms with Gasteiger partial charge in [0.15, 0.2) is 0 Å². The lowest BCUT2D eigenvalue weighted by molar-refractivity contribution is -0.151. The molecule has 0 amide bonds. The molecule has 0 radical (unpaired) electrons. The van der Waals surface area contributed by atoms with E-state index in [9.17, 15) is 9.59 Å². The van der Waals surface area contributed by atoms with E-state index in [1.54, 1.807) is 4.90 Å². The minimum atomic E-state index is -0.960. The van der Waals surface area contributed by atoms with Gasteiger partial charge in [0.05, 0.1) is 0 Å². The van der Waals surface area contributed by atoms with Gasteiger partial charge in [-0.25, -0.2) is 0 Å². The van der Waals surface area contributed by atoms with Crippen LogP contribution in [-0.2, 0) is 9.59 Å². The van der Waals surface area contributed by atoms with Crippen molar-refractivity contribution in [1.29, 1.82) is 0 Å². The summed E-state index contributed by atoms with van der Waals surface area (Å²) in [5.41, 5.74) is 0. The number of rotatable bonds is 3. The topological polar surface area (TPSA) is 77.8 Å². The number of carboxylic acid groups (broad SMARTS) is 2. The van der Waals surface area contributed by atoms with Gasteiger partial charge >= 0.3 is 11.9 Å². The van der Waals surface area contributed by atoms with Gasteiger partial charge in [0.25, 0.3) is 0 Å². The molecule has 14 heavy (non-hydrogen) atoms. The largest absolute Gasteiger partial charge is 0.480 e. The predicted octanol–water partition coefficient (Wildman–Crippen LogP) is 0.399. The summed E-state index contributed by atoms with van der Waals surface area (Å²) in [6.07, 6.45) is 2.29. The first-order valence-corrected chi connectivity index (χ1v) is 4.75. The Bertz CT molecular complexity index is 241. The second-order valence-corrected chi connectivity index (χ2v) is 3.60. The van der Waals surface area contributed by atoms with Crippen molar-refractivity contribution in [3.05, 3.63) is 0 Å². The summed E-state index contributed by atoms with van der Waals surface area (Å²) in [5, 5.41) is 17.7. The summed E-state index contributed by atoms with van der Waals surface area (Å²) in [7, 11) is 0. The molecule has 0 spiro atoms. The lowest BCUT2D eigenvalue weighted by Crippen LogP contribution is -2.51. The van der Waals surface area contributed by atoms with Crippen molar-refractivity contribution in [3.8, 4) is 0 Å². The molecule has 0 saturated carbocycles. The van der Waals surface area contributed by atoms with E-state index < -0.39 is 24.0 Å². The van der Waals surface area contributed by atoms with Crippen LogP contribution in [0.15, 0.2) is 0 Å². The highest BCUT2D eigenvalue weighted by Gasteiger charge is 2.34. The summed E-state index contributed by atoms with van der Waals surface area (Å²) in [6, 6.07) is -1.34. The van der Waals surface area contributed by atoms with E-state index in [1.807, 2.05) is 0 Å². The monoisotopic (exact) mass is 201 g/mol. The van der Waals surface area contributed by atoms with Crippen molar-refractivity contribution >= 4 is 11.9 Å². The molecule has 1 aliphatic heterocycles. The summed E-state index contributed by atoms with van der Waals surface area (Å²) >= 11 is 0. The third kappa shape index (κ3) is 2.23. The van der Waals surface area contributed by atoms with E-state index in [0.717, 1.165) is 12.8 Å². The molecule has 0 bridgehead atoms. The summed E-state index contributed by atoms with van der Waals surface area (Å²) < 4.78 is 0. The highest BCUT2D eigenvalue weighted by atomic mass is 16.4. The molecule has 1 saturated heterocycles. The zero-order valence-corrected chi connectivity index (χ0v) is 8.14. The maximum atomic E-state index is 10.9. The van der Waals surface area contributed by atoms with Gasteiger partial charge in [-0.1, -0.05) is 6.42 Å². The first-order chi connectivity index (χ1) is 6.54. The van der Waals surface area contributed by atoms with Crippen LogP contribution in [0.2, 0.25) is 0 Å². The van der Waals surface area contributed by atoms with Crippen molar-refractivity contribution < 1.29 is 19.8 Å². The minimum absolute atomic E-state index is 0.549. The summed E-state index contributed by atoms with van der Waals surface area (Å²) in [6.45, 7) is 2.09. The van der Waals surface area contributed by atoms with E-state index in [4.69, 9.17) is 10.2 Å². The zero-order valence-electron chi connectivity index (χ0n) is 8.14. The fraction of sp³-hybridized carbons (Fsp3) is 0.778. The Balaban J connectivity index is 2.72. The van der Waals surface area contributed by atoms with Crippen LogP contribution < -0.4 is 0 Å². The van der Waals surface area contributed by atoms with Crippen molar-refractivity contribution in [2.24, 2.45) is 0 Å². The molecule has 1 fully saturated rings. The van der Waals surface area contributed by atoms with Gasteiger partial charge in [-0.05, 0) is 26.3 Å². The maximum absolute atomic E-state index is 10.9. The van der Waals surface area contributed by atoms with Crippen molar-refractivity contribution in [2.45, 2.75) is 38.3 Å². The Morgan fingerprint density at radius 2 is 2.00 bits per heavy atom. The normalized spacial score (nSPS) is 25.6. The third-order valence-electron chi connectivity index (χ3n) is 2.68. The van der Waals surface area contributed by atoms with Crippen molar-refractivity contribution in [3.63, 3.8) is 0 Å². The number of nitrogens with zero attached hydrogens (tertiary/aromatic N) is 1.